The van der Waals surface area contributed by atoms with Gasteiger partial charge in [-0.1, -0.05) is 18.2 Å². The fraction of sp³-hybridized carbons (Fsp3) is 0.0556. The molecule has 0 fully saturated rings. The molecule has 0 bridgehead atoms. The van der Waals surface area contributed by atoms with E-state index in [4.69, 9.17) is 4.74 Å². The van der Waals surface area contributed by atoms with Crippen molar-refractivity contribution in [3.63, 3.8) is 0 Å². The molecule has 0 aliphatic heterocycles. The number of imide groups is 1. The number of carbonyl (C=O) groups excluding carboxylic acids is 3. The van der Waals surface area contributed by atoms with Crippen molar-refractivity contribution in [2.75, 3.05) is 6.61 Å². The van der Waals surface area contributed by atoms with Gasteiger partial charge in [0.05, 0.1) is 11.3 Å². The number of aromatic nitrogens is 3. The minimum atomic E-state index is -0.702. The van der Waals surface area contributed by atoms with Crippen LogP contribution in [-0.2, 0) is 9.53 Å². The number of rotatable bonds is 5. The quantitative estimate of drug-likeness (QED) is 0.697. The van der Waals surface area contributed by atoms with Gasteiger partial charge in [0.25, 0.3) is 11.8 Å². The standard InChI is InChI=1S/C18H14N4O4/c23-16(21-17(24)13-4-2-1-3-5-13)10-26-18(25)14-6-8-15(9-7-14)22-12-19-11-20-22/h1-9,11-12H,10H2,(H,21,23,24). The first kappa shape index (κ1) is 17.0. The molecule has 2 amide bonds. The molecule has 0 saturated heterocycles. The molecule has 3 aromatic rings. The van der Waals surface area contributed by atoms with Crippen molar-refractivity contribution < 1.29 is 19.1 Å². The van der Waals surface area contributed by atoms with E-state index in [0.717, 1.165) is 5.69 Å². The third-order valence-electron chi connectivity index (χ3n) is 3.41. The first-order chi connectivity index (χ1) is 12.6. The Labute approximate surface area is 148 Å². The monoisotopic (exact) mass is 350 g/mol. The molecule has 1 N–H and O–H groups in total. The molecule has 0 aliphatic rings. The van der Waals surface area contributed by atoms with Gasteiger partial charge in [-0.25, -0.2) is 14.5 Å². The van der Waals surface area contributed by atoms with E-state index in [-0.39, 0.29) is 5.56 Å². The van der Waals surface area contributed by atoms with Gasteiger partial charge in [0, 0.05) is 5.56 Å². The Morgan fingerprint density at radius 3 is 2.35 bits per heavy atom. The Balaban J connectivity index is 1.52. The first-order valence-corrected chi connectivity index (χ1v) is 7.65. The molecule has 0 aliphatic carbocycles. The van der Waals surface area contributed by atoms with Crippen LogP contribution in [0.2, 0.25) is 0 Å². The maximum absolute atomic E-state index is 12.0. The maximum Gasteiger partial charge on any atom is 0.338 e. The number of hydrogen-bond donors (Lipinski definition) is 1. The third kappa shape index (κ3) is 4.18. The first-order valence-electron chi connectivity index (χ1n) is 7.65. The number of esters is 1. The van der Waals surface area contributed by atoms with Crippen molar-refractivity contribution >= 4 is 17.8 Å². The second-order valence-electron chi connectivity index (χ2n) is 5.21. The van der Waals surface area contributed by atoms with Crippen molar-refractivity contribution in [3.8, 4) is 5.69 Å². The zero-order valence-electron chi connectivity index (χ0n) is 13.5. The summed E-state index contributed by atoms with van der Waals surface area (Å²) in [5, 5.41) is 6.13. The van der Waals surface area contributed by atoms with E-state index in [0.29, 0.717) is 5.56 Å². The molecule has 0 unspecified atom stereocenters. The molecular weight excluding hydrogens is 336 g/mol. The minimum absolute atomic E-state index is 0.274. The third-order valence-corrected chi connectivity index (χ3v) is 3.41. The summed E-state index contributed by atoms with van der Waals surface area (Å²) in [6.45, 7) is -0.553. The van der Waals surface area contributed by atoms with Gasteiger partial charge in [0.15, 0.2) is 6.61 Å². The van der Waals surface area contributed by atoms with Crippen LogP contribution in [0.1, 0.15) is 20.7 Å². The number of nitrogens with zero attached hydrogens (tertiary/aromatic N) is 3. The molecule has 26 heavy (non-hydrogen) atoms. The van der Waals surface area contributed by atoms with E-state index in [1.807, 2.05) is 0 Å². The summed E-state index contributed by atoms with van der Waals surface area (Å²) in [7, 11) is 0. The predicted molar refractivity (Wildman–Crippen MR) is 90.6 cm³/mol. The Morgan fingerprint density at radius 2 is 1.69 bits per heavy atom. The second kappa shape index (κ2) is 7.84. The molecule has 0 spiro atoms. The van der Waals surface area contributed by atoms with E-state index in [1.165, 1.54) is 17.3 Å². The molecular formula is C18H14N4O4. The fourth-order valence-electron chi connectivity index (χ4n) is 2.13. The summed E-state index contributed by atoms with van der Waals surface area (Å²) in [6, 6.07) is 14.7. The van der Waals surface area contributed by atoms with Gasteiger partial charge >= 0.3 is 5.97 Å². The smallest absolute Gasteiger partial charge is 0.338 e. The van der Waals surface area contributed by atoms with E-state index in [2.05, 4.69) is 15.4 Å². The highest BCUT2D eigenvalue weighted by Gasteiger charge is 2.13. The highest BCUT2D eigenvalue weighted by atomic mass is 16.5. The maximum atomic E-state index is 12.0. The minimum Gasteiger partial charge on any atom is -0.452 e. The van der Waals surface area contributed by atoms with Crippen LogP contribution in [0.25, 0.3) is 5.69 Å². The number of amides is 2. The van der Waals surface area contributed by atoms with Crippen LogP contribution in [0.5, 0.6) is 0 Å². The predicted octanol–water partition coefficient (Wildman–Crippen LogP) is 1.38. The molecule has 0 saturated carbocycles. The van der Waals surface area contributed by atoms with Gasteiger partial charge < -0.3 is 4.74 Å². The van der Waals surface area contributed by atoms with Crippen LogP contribution in [0.15, 0.2) is 67.3 Å². The van der Waals surface area contributed by atoms with Crippen LogP contribution < -0.4 is 5.32 Å². The molecule has 3 rings (SSSR count). The van der Waals surface area contributed by atoms with Crippen molar-refractivity contribution in [2.24, 2.45) is 0 Å². The lowest BCUT2D eigenvalue weighted by Crippen LogP contribution is -2.34. The molecule has 0 atom stereocenters. The van der Waals surface area contributed by atoms with Crippen molar-refractivity contribution in [1.29, 1.82) is 0 Å². The zero-order valence-corrected chi connectivity index (χ0v) is 13.5. The van der Waals surface area contributed by atoms with Crippen LogP contribution >= 0.6 is 0 Å². The highest BCUT2D eigenvalue weighted by molar-refractivity contribution is 6.05. The summed E-state index contributed by atoms with van der Waals surface area (Å²) >= 11 is 0. The second-order valence-corrected chi connectivity index (χ2v) is 5.21. The normalized spacial score (nSPS) is 10.2. The number of nitrogens with one attached hydrogen (secondary N) is 1. The molecule has 1 aromatic heterocycles. The molecule has 1 heterocycles. The van der Waals surface area contributed by atoms with Crippen molar-refractivity contribution in [3.05, 3.63) is 78.4 Å². The Kier molecular flexibility index (Phi) is 5.14. The van der Waals surface area contributed by atoms with Crippen LogP contribution in [-0.4, -0.2) is 39.2 Å². The van der Waals surface area contributed by atoms with E-state index in [9.17, 15) is 14.4 Å². The summed E-state index contributed by atoms with van der Waals surface area (Å²) in [5.41, 5.74) is 1.34. The summed E-state index contributed by atoms with van der Waals surface area (Å²) < 4.78 is 6.46. The molecule has 8 nitrogen and oxygen atoms in total. The number of benzene rings is 2. The van der Waals surface area contributed by atoms with Crippen molar-refractivity contribution in [1.82, 2.24) is 20.1 Å². The topological polar surface area (TPSA) is 103 Å². The molecule has 8 heteroatoms. The molecule has 2 aromatic carbocycles. The molecule has 130 valence electrons. The lowest BCUT2D eigenvalue weighted by atomic mass is 10.2. The number of ether oxygens (including phenoxy) is 1. The lowest BCUT2D eigenvalue weighted by molar-refractivity contribution is -0.123. The largest absolute Gasteiger partial charge is 0.452 e. The average molecular weight is 350 g/mol. The lowest BCUT2D eigenvalue weighted by Gasteiger charge is -2.06. The Morgan fingerprint density at radius 1 is 0.962 bits per heavy atom. The summed E-state index contributed by atoms with van der Waals surface area (Å²) in [6.07, 6.45) is 2.93. The van der Waals surface area contributed by atoms with Gasteiger partial charge in [-0.2, -0.15) is 5.10 Å². The fourth-order valence-corrected chi connectivity index (χ4v) is 2.13. The average Bonchev–Trinajstić information content (AvgIpc) is 3.21. The van der Waals surface area contributed by atoms with Crippen LogP contribution in [0, 0.1) is 0 Å². The Bertz CT molecular complexity index is 906. The SMILES string of the molecule is O=C(COC(=O)c1ccc(-n2cncn2)cc1)NC(=O)c1ccccc1. The van der Waals surface area contributed by atoms with Gasteiger partial charge in [0.2, 0.25) is 0 Å². The zero-order chi connectivity index (χ0) is 18.4. The summed E-state index contributed by atoms with van der Waals surface area (Å²) in [5.74, 6) is -1.92. The van der Waals surface area contributed by atoms with Gasteiger partial charge in [-0.3, -0.25) is 14.9 Å². The highest BCUT2D eigenvalue weighted by Crippen LogP contribution is 2.09. The number of hydrogen-bond acceptors (Lipinski definition) is 6. The van der Waals surface area contributed by atoms with E-state index in [1.54, 1.807) is 54.6 Å². The Hall–Kier alpha value is -3.81. The van der Waals surface area contributed by atoms with Gasteiger partial charge in [-0.15, -0.1) is 0 Å². The van der Waals surface area contributed by atoms with E-state index < -0.39 is 24.4 Å². The summed E-state index contributed by atoms with van der Waals surface area (Å²) in [4.78, 5) is 39.4. The van der Waals surface area contributed by atoms with Gasteiger partial charge in [-0.05, 0) is 36.4 Å². The van der Waals surface area contributed by atoms with Crippen LogP contribution in [0.4, 0.5) is 0 Å². The van der Waals surface area contributed by atoms with E-state index >= 15 is 0 Å². The number of carbonyl (C=O) groups is 3. The van der Waals surface area contributed by atoms with Crippen molar-refractivity contribution in [2.45, 2.75) is 0 Å². The molecule has 0 radical (unpaired) electrons. The van der Waals surface area contributed by atoms with Gasteiger partial charge in [0.1, 0.15) is 12.7 Å². The van der Waals surface area contributed by atoms with Crippen LogP contribution in [0.3, 0.4) is 0 Å².